The first-order valence-corrected chi connectivity index (χ1v) is 20.6. The van der Waals surface area contributed by atoms with Crippen molar-refractivity contribution in [2.45, 2.75) is 0 Å². The van der Waals surface area contributed by atoms with E-state index in [1.165, 1.54) is 9.81 Å². The fourth-order valence-electron chi connectivity index (χ4n) is 3.84. The van der Waals surface area contributed by atoms with Crippen molar-refractivity contribution >= 4 is 118 Å². The Balaban J connectivity index is 1.43. The second-order valence-electron chi connectivity index (χ2n) is 8.26. The van der Waals surface area contributed by atoms with E-state index in [2.05, 4.69) is 118 Å². The third kappa shape index (κ3) is 7.30. The van der Waals surface area contributed by atoms with Crippen molar-refractivity contribution in [2.24, 2.45) is 0 Å². The minimum absolute atomic E-state index is 0.626. The van der Waals surface area contributed by atoms with Crippen molar-refractivity contribution in [3.8, 4) is 23.0 Å². The molecule has 0 fully saturated rings. The average molecular weight is 1010 g/mol. The van der Waals surface area contributed by atoms with Crippen molar-refractivity contribution in [3.63, 3.8) is 0 Å². The normalized spacial score (nSPS) is 11.1. The number of ether oxygens (including phenoxy) is 2. The van der Waals surface area contributed by atoms with Crippen LogP contribution in [0.1, 0.15) is 0 Å². The molecule has 0 radical (unpaired) electrons. The van der Waals surface area contributed by atoms with Gasteiger partial charge in [-0.1, -0.05) is 0 Å². The summed E-state index contributed by atoms with van der Waals surface area (Å²) in [5.74, 6) is 2.87. The molecule has 5 rings (SSSR count). The molecule has 0 amide bonds. The van der Waals surface area contributed by atoms with E-state index in [-0.39, 0.29) is 0 Å². The molecule has 9 heteroatoms. The van der Waals surface area contributed by atoms with Crippen LogP contribution in [0.3, 0.4) is 0 Å². The SMILES string of the molecule is Clc1cc(Br)c(Oc2cc[c]([Bi]([c]3ccccc3)[c]3ccc(Oc4c(Br)cc(Cl)cc4Br)cc3)cc2)c(Br)c1. The van der Waals surface area contributed by atoms with Gasteiger partial charge in [-0.15, -0.1) is 0 Å². The second kappa shape index (κ2) is 13.4. The van der Waals surface area contributed by atoms with Crippen LogP contribution in [0, 0.1) is 0 Å². The molecule has 0 saturated heterocycles. The molecule has 0 bridgehead atoms. The number of halogens is 6. The van der Waals surface area contributed by atoms with E-state index in [1.807, 2.05) is 48.5 Å². The minimum atomic E-state index is -2.59. The number of benzene rings is 5. The van der Waals surface area contributed by atoms with Crippen LogP contribution in [0.2, 0.25) is 10.0 Å². The van der Waals surface area contributed by atoms with Gasteiger partial charge in [-0.2, -0.15) is 0 Å². The summed E-state index contributed by atoms with van der Waals surface area (Å²) in [5.41, 5.74) is 0. The summed E-state index contributed by atoms with van der Waals surface area (Å²) in [6.07, 6.45) is 0. The van der Waals surface area contributed by atoms with E-state index < -0.39 is 21.8 Å². The maximum absolute atomic E-state index is 6.18. The Labute approximate surface area is 278 Å². The van der Waals surface area contributed by atoms with Crippen molar-refractivity contribution in [1.29, 1.82) is 0 Å². The zero-order valence-corrected chi connectivity index (χ0v) is 31.2. The zero-order valence-electron chi connectivity index (χ0n) is 19.8. The van der Waals surface area contributed by atoms with Crippen LogP contribution in [0.5, 0.6) is 23.0 Å². The average Bonchev–Trinajstić information content (AvgIpc) is 2.91. The van der Waals surface area contributed by atoms with E-state index in [9.17, 15) is 0 Å². The van der Waals surface area contributed by atoms with Gasteiger partial charge >= 0.3 is 282 Å². The summed E-state index contributed by atoms with van der Waals surface area (Å²) in [7, 11) is 0. The first kappa shape index (κ1) is 29.6. The Morgan fingerprint density at radius 3 is 1.15 bits per heavy atom. The first-order chi connectivity index (χ1) is 18.8. The fraction of sp³-hybridized carbons (Fsp3) is 0. The predicted octanol–water partition coefficient (Wildman–Crippen LogP) is 10.1. The molecule has 0 aliphatic rings. The summed E-state index contributed by atoms with van der Waals surface area (Å²) in [6.45, 7) is 0. The summed E-state index contributed by atoms with van der Waals surface area (Å²) in [6, 6.07) is 34.9. The molecule has 196 valence electrons. The third-order valence-electron chi connectivity index (χ3n) is 5.57. The summed E-state index contributed by atoms with van der Waals surface area (Å²) >= 11 is 23.9. The van der Waals surface area contributed by atoms with Gasteiger partial charge in [0.15, 0.2) is 0 Å². The van der Waals surface area contributed by atoms with Gasteiger partial charge in [0.1, 0.15) is 0 Å². The molecule has 0 spiro atoms. The summed E-state index contributed by atoms with van der Waals surface area (Å²) in [4.78, 5) is 0. The van der Waals surface area contributed by atoms with Crippen LogP contribution >= 0.6 is 86.9 Å². The van der Waals surface area contributed by atoms with Gasteiger partial charge < -0.3 is 0 Å². The second-order valence-corrected chi connectivity index (χ2v) is 21.2. The van der Waals surface area contributed by atoms with Gasteiger partial charge in [0.2, 0.25) is 0 Å². The van der Waals surface area contributed by atoms with Gasteiger partial charge in [0.25, 0.3) is 0 Å². The van der Waals surface area contributed by atoms with Crippen LogP contribution in [-0.2, 0) is 0 Å². The van der Waals surface area contributed by atoms with E-state index in [0.29, 0.717) is 21.5 Å². The topological polar surface area (TPSA) is 18.5 Å². The third-order valence-corrected chi connectivity index (χ3v) is 17.9. The van der Waals surface area contributed by atoms with Crippen molar-refractivity contribution < 1.29 is 9.47 Å². The van der Waals surface area contributed by atoms with Gasteiger partial charge in [0.05, 0.1) is 0 Å². The van der Waals surface area contributed by atoms with Crippen LogP contribution in [-0.4, -0.2) is 21.8 Å². The van der Waals surface area contributed by atoms with Crippen molar-refractivity contribution in [1.82, 2.24) is 0 Å². The van der Waals surface area contributed by atoms with Crippen LogP contribution in [0.25, 0.3) is 0 Å². The van der Waals surface area contributed by atoms with Crippen LogP contribution in [0.4, 0.5) is 0 Å². The molecular formula is C30H17BiBr4Cl2O2. The molecule has 0 aliphatic heterocycles. The van der Waals surface area contributed by atoms with Gasteiger partial charge in [-0.25, -0.2) is 0 Å². The molecular weight excluding hydrogens is 992 g/mol. The number of hydrogen-bond acceptors (Lipinski definition) is 2. The quantitative estimate of drug-likeness (QED) is 0.151. The van der Waals surface area contributed by atoms with Gasteiger partial charge in [0, 0.05) is 0 Å². The Morgan fingerprint density at radius 1 is 0.462 bits per heavy atom. The van der Waals surface area contributed by atoms with Crippen molar-refractivity contribution in [3.05, 3.63) is 131 Å². The molecule has 0 unspecified atom stereocenters. The fourth-order valence-corrected chi connectivity index (χ4v) is 16.3. The molecule has 0 heterocycles. The maximum atomic E-state index is 6.18. The molecule has 5 aromatic carbocycles. The van der Waals surface area contributed by atoms with Crippen molar-refractivity contribution in [2.75, 3.05) is 0 Å². The van der Waals surface area contributed by atoms with Crippen LogP contribution < -0.4 is 19.3 Å². The van der Waals surface area contributed by atoms with E-state index in [1.54, 1.807) is 0 Å². The Hall–Kier alpha value is -0.917. The van der Waals surface area contributed by atoms with Gasteiger partial charge in [-0.05, 0) is 0 Å². The van der Waals surface area contributed by atoms with E-state index in [0.717, 1.165) is 29.4 Å². The first-order valence-electron chi connectivity index (χ1n) is 11.5. The predicted molar refractivity (Wildman–Crippen MR) is 178 cm³/mol. The van der Waals surface area contributed by atoms with E-state index in [4.69, 9.17) is 32.7 Å². The zero-order chi connectivity index (χ0) is 27.5. The van der Waals surface area contributed by atoms with Crippen LogP contribution in [0.15, 0.2) is 121 Å². The molecule has 5 aromatic rings. The number of rotatable bonds is 7. The Kier molecular flexibility index (Phi) is 10.1. The number of hydrogen-bond donors (Lipinski definition) is 0. The van der Waals surface area contributed by atoms with Gasteiger partial charge in [-0.3, -0.25) is 0 Å². The molecule has 0 saturated carbocycles. The Bertz CT molecular complexity index is 1470. The molecule has 0 aliphatic carbocycles. The summed E-state index contributed by atoms with van der Waals surface area (Å²) < 4.78 is 19.6. The molecule has 2 nitrogen and oxygen atoms in total. The monoisotopic (exact) mass is 1000 g/mol. The molecule has 39 heavy (non-hydrogen) atoms. The van der Waals surface area contributed by atoms with E-state index >= 15 is 0 Å². The molecule has 0 atom stereocenters. The molecule has 0 N–H and O–H groups in total. The molecule has 0 aromatic heterocycles. The standard InChI is InChI=1S/2C12H6Br2ClO.C6H5.Bi/c2*13-10-6-8(15)7-11(14)12(10)16-9-4-2-1-3-5-9;1-2-4-6-5-3-1;/h2*2-7H;1-5H;. The Morgan fingerprint density at radius 2 is 0.795 bits per heavy atom. The summed E-state index contributed by atoms with van der Waals surface area (Å²) in [5, 5.41) is 1.25.